The summed E-state index contributed by atoms with van der Waals surface area (Å²) >= 11 is 1.80. The second-order valence-electron chi connectivity index (χ2n) is 9.38. The summed E-state index contributed by atoms with van der Waals surface area (Å²) in [7, 11) is 0. The van der Waals surface area contributed by atoms with Crippen molar-refractivity contribution < 1.29 is 4.42 Å². The van der Waals surface area contributed by atoms with Gasteiger partial charge >= 0.3 is 0 Å². The van der Waals surface area contributed by atoms with Gasteiger partial charge in [0, 0.05) is 32.6 Å². The Morgan fingerprint density at radius 2 is 1.68 bits per heavy atom. The number of nitrogens with zero attached hydrogens (tertiary/aromatic N) is 1. The monoisotopic (exact) mass is 421 g/mol. The molecule has 0 amide bonds. The molecule has 0 aliphatic rings. The first kappa shape index (κ1) is 18.6. The Hall–Kier alpha value is -3.17. The minimum absolute atomic E-state index is 0.0476. The second kappa shape index (κ2) is 6.41. The van der Waals surface area contributed by atoms with Gasteiger partial charge in [0.1, 0.15) is 11.3 Å². The number of aryl methyl sites for hydroxylation is 1. The maximum Gasteiger partial charge on any atom is 0.135 e. The molecule has 6 rings (SSSR count). The average Bonchev–Trinajstić information content (AvgIpc) is 3.28. The molecule has 0 radical (unpaired) electrons. The van der Waals surface area contributed by atoms with Gasteiger partial charge in [-0.3, -0.25) is 4.98 Å². The summed E-state index contributed by atoms with van der Waals surface area (Å²) in [5.74, 6) is 0.949. The fraction of sp³-hybridized carbons (Fsp3) is 0.179. The van der Waals surface area contributed by atoms with Crippen LogP contribution < -0.4 is 0 Å². The number of hydrogen-bond acceptors (Lipinski definition) is 3. The fourth-order valence-electron chi connectivity index (χ4n) is 4.64. The summed E-state index contributed by atoms with van der Waals surface area (Å²) in [5, 5.41) is 6.27. The van der Waals surface area contributed by atoms with Crippen molar-refractivity contribution in [3.63, 3.8) is 0 Å². The molecule has 3 aromatic carbocycles. The van der Waals surface area contributed by atoms with Gasteiger partial charge in [0.15, 0.2) is 0 Å². The molecule has 0 aliphatic carbocycles. The normalized spacial score (nSPS) is 12.5. The van der Waals surface area contributed by atoms with Gasteiger partial charge in [-0.15, -0.1) is 11.3 Å². The first-order valence-electron chi connectivity index (χ1n) is 10.6. The number of rotatable bonds is 1. The van der Waals surface area contributed by atoms with Crippen molar-refractivity contribution in [2.45, 2.75) is 33.1 Å². The smallest absolute Gasteiger partial charge is 0.135 e. The molecular formula is C28H23NOS. The zero-order chi connectivity index (χ0) is 21.3. The van der Waals surface area contributed by atoms with E-state index in [1.807, 2.05) is 13.1 Å². The number of thiophene rings is 1. The molecule has 0 fully saturated rings. The van der Waals surface area contributed by atoms with Crippen LogP contribution >= 0.6 is 11.3 Å². The zero-order valence-electron chi connectivity index (χ0n) is 18.1. The molecule has 152 valence electrons. The third-order valence-electron chi connectivity index (χ3n) is 6.09. The molecule has 0 unspecified atom stereocenters. The van der Waals surface area contributed by atoms with Crippen molar-refractivity contribution in [2.75, 3.05) is 0 Å². The lowest BCUT2D eigenvalue weighted by Gasteiger charge is -2.22. The maximum atomic E-state index is 5.88. The van der Waals surface area contributed by atoms with Crippen molar-refractivity contribution in [1.82, 2.24) is 4.98 Å². The van der Waals surface area contributed by atoms with E-state index < -0.39 is 0 Å². The number of benzene rings is 3. The Balaban J connectivity index is 1.67. The topological polar surface area (TPSA) is 26.0 Å². The number of furan rings is 1. The maximum absolute atomic E-state index is 5.88. The fourth-order valence-corrected chi connectivity index (χ4v) is 5.86. The Labute approximate surface area is 185 Å². The van der Waals surface area contributed by atoms with Crippen LogP contribution in [0.15, 0.2) is 71.3 Å². The molecule has 0 atom stereocenters. The average molecular weight is 422 g/mol. The summed E-state index contributed by atoms with van der Waals surface area (Å²) < 4.78 is 8.35. The van der Waals surface area contributed by atoms with Crippen LogP contribution in [-0.2, 0) is 5.41 Å². The molecule has 0 aliphatic heterocycles. The summed E-state index contributed by atoms with van der Waals surface area (Å²) in [6, 6.07) is 22.0. The summed E-state index contributed by atoms with van der Waals surface area (Å²) in [4.78, 5) is 4.86. The van der Waals surface area contributed by atoms with Gasteiger partial charge in [0.25, 0.3) is 0 Å². The highest BCUT2D eigenvalue weighted by Crippen LogP contribution is 2.42. The molecule has 0 saturated heterocycles. The molecule has 2 nitrogen and oxygen atoms in total. The van der Waals surface area contributed by atoms with Gasteiger partial charge in [-0.2, -0.15) is 0 Å². The van der Waals surface area contributed by atoms with E-state index in [9.17, 15) is 0 Å². The summed E-state index contributed by atoms with van der Waals surface area (Å²) in [6.45, 7) is 8.84. The molecule has 3 heterocycles. The molecule has 0 bridgehead atoms. The minimum Gasteiger partial charge on any atom is -0.461 e. The van der Waals surface area contributed by atoms with E-state index in [0.717, 1.165) is 22.4 Å². The van der Waals surface area contributed by atoms with E-state index in [2.05, 4.69) is 81.4 Å². The minimum atomic E-state index is 0.0476. The van der Waals surface area contributed by atoms with Crippen LogP contribution in [0.3, 0.4) is 0 Å². The van der Waals surface area contributed by atoms with Crippen LogP contribution in [0.2, 0.25) is 0 Å². The summed E-state index contributed by atoms with van der Waals surface area (Å²) in [5.41, 5.74) is 4.59. The van der Waals surface area contributed by atoms with E-state index in [1.54, 1.807) is 11.3 Å². The second-order valence-corrected chi connectivity index (χ2v) is 10.4. The van der Waals surface area contributed by atoms with E-state index in [4.69, 9.17) is 9.40 Å². The molecule has 3 aromatic heterocycles. The Morgan fingerprint density at radius 3 is 2.52 bits per heavy atom. The van der Waals surface area contributed by atoms with Crippen LogP contribution in [0.1, 0.15) is 32.1 Å². The molecule has 0 N–H and O–H groups in total. The van der Waals surface area contributed by atoms with Gasteiger partial charge in [-0.05, 0) is 65.1 Å². The van der Waals surface area contributed by atoms with Crippen LogP contribution in [0.4, 0.5) is 0 Å². The zero-order valence-corrected chi connectivity index (χ0v) is 18.9. The van der Waals surface area contributed by atoms with Gasteiger partial charge < -0.3 is 4.42 Å². The lowest BCUT2D eigenvalue weighted by Crippen LogP contribution is -2.12. The van der Waals surface area contributed by atoms with E-state index in [-0.39, 0.29) is 5.41 Å². The first-order valence-corrected chi connectivity index (χ1v) is 11.5. The number of hydrogen-bond donors (Lipinski definition) is 0. The number of aromatic nitrogens is 1. The quantitative estimate of drug-likeness (QED) is 0.265. The lowest BCUT2D eigenvalue weighted by atomic mass is 9.82. The largest absolute Gasteiger partial charge is 0.461 e. The van der Waals surface area contributed by atoms with Gasteiger partial charge in [-0.1, -0.05) is 45.0 Å². The highest BCUT2D eigenvalue weighted by Gasteiger charge is 2.20. The molecular weight excluding hydrogens is 398 g/mol. The van der Waals surface area contributed by atoms with Crippen molar-refractivity contribution >= 4 is 53.3 Å². The third kappa shape index (κ3) is 2.88. The highest BCUT2D eigenvalue weighted by molar-refractivity contribution is 7.26. The van der Waals surface area contributed by atoms with Crippen molar-refractivity contribution in [1.29, 1.82) is 0 Å². The van der Waals surface area contributed by atoms with Crippen LogP contribution in [0.5, 0.6) is 0 Å². The van der Waals surface area contributed by atoms with E-state index >= 15 is 0 Å². The molecule has 0 spiro atoms. The van der Waals surface area contributed by atoms with Crippen molar-refractivity contribution in [3.8, 4) is 11.3 Å². The Bertz CT molecular complexity index is 1630. The SMILES string of the molecule is Cc1cc2cc3c(cc2o1)sc1c(-c2cc(C(C)(C)C)c4ccccc4c2)nccc13. The van der Waals surface area contributed by atoms with Gasteiger partial charge in [-0.25, -0.2) is 0 Å². The van der Waals surface area contributed by atoms with Gasteiger partial charge in [0.05, 0.1) is 10.4 Å². The Kier molecular flexibility index (Phi) is 3.85. The van der Waals surface area contributed by atoms with Gasteiger partial charge in [0.2, 0.25) is 0 Å². The number of fused-ring (bicyclic) bond motifs is 5. The predicted octanol–water partition coefficient (Wildman–Crippen LogP) is 8.62. The number of pyridine rings is 1. The van der Waals surface area contributed by atoms with E-state index in [0.29, 0.717) is 0 Å². The summed E-state index contributed by atoms with van der Waals surface area (Å²) in [6.07, 6.45) is 1.95. The van der Waals surface area contributed by atoms with Crippen molar-refractivity contribution in [2.24, 2.45) is 0 Å². The highest BCUT2D eigenvalue weighted by atomic mass is 32.1. The van der Waals surface area contributed by atoms with E-state index in [1.165, 1.54) is 42.1 Å². The molecule has 6 aromatic rings. The molecule has 3 heteroatoms. The van der Waals surface area contributed by atoms with Crippen LogP contribution in [-0.4, -0.2) is 4.98 Å². The predicted molar refractivity (Wildman–Crippen MR) is 133 cm³/mol. The van der Waals surface area contributed by atoms with Crippen LogP contribution in [0, 0.1) is 6.92 Å². The molecule has 0 saturated carbocycles. The van der Waals surface area contributed by atoms with Crippen molar-refractivity contribution in [3.05, 3.63) is 78.2 Å². The first-order chi connectivity index (χ1) is 14.9. The third-order valence-corrected chi connectivity index (χ3v) is 7.27. The molecule has 31 heavy (non-hydrogen) atoms. The van der Waals surface area contributed by atoms with Crippen LogP contribution in [0.25, 0.3) is 53.2 Å². The Morgan fingerprint density at radius 1 is 0.839 bits per heavy atom. The lowest BCUT2D eigenvalue weighted by molar-refractivity contribution is 0.579. The standard InChI is InChI=1S/C28H23NOS/c1-16-11-18-13-22-21-9-10-29-26(27(21)31-25(22)15-24(18)30-16)19-12-17-7-5-6-8-20(17)23(14-19)28(2,3)4/h5-15H,1-4H3.